The number of fused-ring (bicyclic) bond motifs is 1. The van der Waals surface area contributed by atoms with Gasteiger partial charge in [-0.2, -0.15) is 0 Å². The van der Waals surface area contributed by atoms with Crippen molar-refractivity contribution >= 4 is 46.2 Å². The summed E-state index contributed by atoms with van der Waals surface area (Å²) in [7, 11) is 0. The number of carbonyl (C=O) groups excluding carboxylic acids is 2. The summed E-state index contributed by atoms with van der Waals surface area (Å²) in [5, 5.41) is 3.40. The molecule has 8 heteroatoms. The molecule has 0 saturated carbocycles. The van der Waals surface area contributed by atoms with E-state index in [1.54, 1.807) is 11.0 Å². The Morgan fingerprint density at radius 1 is 1.00 bits per heavy atom. The van der Waals surface area contributed by atoms with Crippen molar-refractivity contribution in [2.24, 2.45) is 4.99 Å². The van der Waals surface area contributed by atoms with E-state index in [9.17, 15) is 9.59 Å². The van der Waals surface area contributed by atoms with E-state index in [1.165, 1.54) is 11.8 Å². The summed E-state index contributed by atoms with van der Waals surface area (Å²) >= 11 is 1.22. The van der Waals surface area contributed by atoms with Crippen LogP contribution >= 0.6 is 11.8 Å². The Morgan fingerprint density at radius 3 is 2.53 bits per heavy atom. The molecule has 7 nitrogen and oxygen atoms in total. The number of ether oxygens (including phenoxy) is 2. The number of amidine groups is 1. The third-order valence-electron chi connectivity index (χ3n) is 5.81. The highest BCUT2D eigenvalue weighted by molar-refractivity contribution is 8.14. The number of nitrogens with zero attached hydrogens (tertiary/aromatic N) is 2. The SMILES string of the molecule is Cc1ccc(N2C(=O)/C(=C\c3ccc4c(c3)OCO4)N=C2SCC(=O)Nc2ccc(C)cc2C)cc1. The Morgan fingerprint density at radius 2 is 1.75 bits per heavy atom. The summed E-state index contributed by atoms with van der Waals surface area (Å²) in [4.78, 5) is 32.3. The maximum absolute atomic E-state index is 13.4. The average molecular weight is 500 g/mol. The molecule has 182 valence electrons. The zero-order valence-corrected chi connectivity index (χ0v) is 21.0. The Hall–Kier alpha value is -4.04. The van der Waals surface area contributed by atoms with E-state index in [2.05, 4.69) is 10.3 Å². The molecular formula is C28H25N3O4S. The largest absolute Gasteiger partial charge is 0.454 e. The van der Waals surface area contributed by atoms with Crippen LogP contribution in [0.1, 0.15) is 22.3 Å². The monoisotopic (exact) mass is 499 g/mol. The molecule has 3 aromatic carbocycles. The Bertz CT molecular complexity index is 1410. The van der Waals surface area contributed by atoms with E-state index in [0.717, 1.165) is 27.9 Å². The molecule has 0 saturated heterocycles. The van der Waals surface area contributed by atoms with Gasteiger partial charge in [0.05, 0.1) is 11.4 Å². The first kappa shape index (κ1) is 23.7. The van der Waals surface area contributed by atoms with Gasteiger partial charge >= 0.3 is 0 Å². The molecule has 0 aromatic heterocycles. The van der Waals surface area contributed by atoms with Gasteiger partial charge in [-0.3, -0.25) is 14.5 Å². The van der Waals surface area contributed by atoms with Crippen LogP contribution < -0.4 is 19.7 Å². The molecule has 2 heterocycles. The highest BCUT2D eigenvalue weighted by atomic mass is 32.2. The zero-order valence-electron chi connectivity index (χ0n) is 20.2. The second-order valence-corrected chi connectivity index (χ2v) is 9.61. The van der Waals surface area contributed by atoms with Crippen molar-refractivity contribution in [1.29, 1.82) is 0 Å². The smallest absolute Gasteiger partial charge is 0.283 e. The minimum absolute atomic E-state index is 0.110. The van der Waals surface area contributed by atoms with Crippen molar-refractivity contribution in [2.75, 3.05) is 22.8 Å². The van der Waals surface area contributed by atoms with E-state index in [4.69, 9.17) is 9.47 Å². The number of hydrogen-bond acceptors (Lipinski definition) is 6. The van der Waals surface area contributed by atoms with E-state index >= 15 is 0 Å². The van der Waals surface area contributed by atoms with E-state index < -0.39 is 0 Å². The summed E-state index contributed by atoms with van der Waals surface area (Å²) in [6.45, 7) is 6.14. The standard InChI is InChI=1S/C28H25N3O4S/c1-17-4-8-21(9-5-17)31-27(33)23(13-20-7-11-24-25(14-20)35-16-34-24)30-28(31)36-15-26(32)29-22-10-6-18(2)12-19(22)3/h4-14H,15-16H2,1-3H3,(H,29,32)/b23-13+. The first-order valence-electron chi connectivity index (χ1n) is 11.5. The van der Waals surface area contributed by atoms with Crippen molar-refractivity contribution in [2.45, 2.75) is 20.8 Å². The maximum Gasteiger partial charge on any atom is 0.283 e. The van der Waals surface area contributed by atoms with Crippen molar-refractivity contribution in [3.63, 3.8) is 0 Å². The number of anilines is 2. The van der Waals surface area contributed by atoms with Gasteiger partial charge in [0.2, 0.25) is 12.7 Å². The average Bonchev–Trinajstić information content (AvgIpc) is 3.44. The molecular weight excluding hydrogens is 474 g/mol. The number of hydrogen-bond donors (Lipinski definition) is 1. The van der Waals surface area contributed by atoms with Gasteiger partial charge in [-0.15, -0.1) is 0 Å². The molecule has 0 radical (unpaired) electrons. The molecule has 2 aliphatic rings. The predicted octanol–water partition coefficient (Wildman–Crippen LogP) is 5.46. The normalized spacial score (nSPS) is 15.4. The molecule has 0 fully saturated rings. The van der Waals surface area contributed by atoms with Gasteiger partial charge in [0.1, 0.15) is 5.70 Å². The number of carbonyl (C=O) groups is 2. The molecule has 0 atom stereocenters. The van der Waals surface area contributed by atoms with Gasteiger partial charge in [0.15, 0.2) is 16.7 Å². The Kier molecular flexibility index (Phi) is 6.52. The first-order valence-corrected chi connectivity index (χ1v) is 12.5. The number of amides is 2. The summed E-state index contributed by atoms with van der Waals surface area (Å²) in [5.74, 6) is 0.990. The van der Waals surface area contributed by atoms with Crippen LogP contribution in [0.2, 0.25) is 0 Å². The Labute approximate surface area is 213 Å². The molecule has 5 rings (SSSR count). The third-order valence-corrected chi connectivity index (χ3v) is 6.75. The van der Waals surface area contributed by atoms with Crippen LogP contribution in [0.25, 0.3) is 6.08 Å². The molecule has 0 bridgehead atoms. The van der Waals surface area contributed by atoms with Crippen LogP contribution in [-0.2, 0) is 9.59 Å². The van der Waals surface area contributed by atoms with Crippen molar-refractivity contribution in [1.82, 2.24) is 0 Å². The molecule has 36 heavy (non-hydrogen) atoms. The molecule has 3 aromatic rings. The van der Waals surface area contributed by atoms with Crippen molar-refractivity contribution < 1.29 is 19.1 Å². The lowest BCUT2D eigenvalue weighted by atomic mass is 10.1. The van der Waals surface area contributed by atoms with Gasteiger partial charge in [-0.25, -0.2) is 4.99 Å². The number of rotatable bonds is 5. The first-order chi connectivity index (χ1) is 17.4. The Balaban J connectivity index is 1.39. The third kappa shape index (κ3) is 4.99. The summed E-state index contributed by atoms with van der Waals surface area (Å²) < 4.78 is 10.8. The van der Waals surface area contributed by atoms with E-state index in [1.807, 2.05) is 81.4 Å². The zero-order chi connectivity index (χ0) is 25.2. The van der Waals surface area contributed by atoms with Crippen LogP contribution in [0.15, 0.2) is 71.4 Å². The maximum atomic E-state index is 13.4. The lowest BCUT2D eigenvalue weighted by Crippen LogP contribution is -2.31. The molecule has 0 spiro atoms. The lowest BCUT2D eigenvalue weighted by molar-refractivity contribution is -0.114. The fraction of sp³-hybridized carbons (Fsp3) is 0.179. The lowest BCUT2D eigenvalue weighted by Gasteiger charge is -2.18. The highest BCUT2D eigenvalue weighted by Crippen LogP contribution is 2.34. The summed E-state index contributed by atoms with van der Waals surface area (Å²) in [6.07, 6.45) is 1.72. The van der Waals surface area contributed by atoms with Crippen LogP contribution in [0.5, 0.6) is 11.5 Å². The number of aryl methyl sites for hydroxylation is 3. The second kappa shape index (κ2) is 9.91. The van der Waals surface area contributed by atoms with Crippen LogP contribution in [0, 0.1) is 20.8 Å². The van der Waals surface area contributed by atoms with Gasteiger partial charge in [-0.1, -0.05) is 53.2 Å². The summed E-state index contributed by atoms with van der Waals surface area (Å²) in [5.41, 5.74) is 5.74. The molecule has 0 aliphatic carbocycles. The van der Waals surface area contributed by atoms with Crippen LogP contribution in [-0.4, -0.2) is 29.5 Å². The van der Waals surface area contributed by atoms with Crippen LogP contribution in [0.3, 0.4) is 0 Å². The molecule has 2 aliphatic heterocycles. The minimum atomic E-state index is -0.256. The summed E-state index contributed by atoms with van der Waals surface area (Å²) in [6, 6.07) is 19.0. The van der Waals surface area contributed by atoms with Crippen LogP contribution in [0.4, 0.5) is 11.4 Å². The quantitative estimate of drug-likeness (QED) is 0.472. The fourth-order valence-corrected chi connectivity index (χ4v) is 4.76. The number of aliphatic imine (C=N–C) groups is 1. The molecule has 2 amide bonds. The van der Waals surface area contributed by atoms with Gasteiger partial charge in [-0.05, 0) is 68.3 Å². The van der Waals surface area contributed by atoms with Gasteiger partial charge < -0.3 is 14.8 Å². The molecule has 1 N–H and O–H groups in total. The number of benzene rings is 3. The predicted molar refractivity (Wildman–Crippen MR) is 144 cm³/mol. The topological polar surface area (TPSA) is 80.2 Å². The van der Waals surface area contributed by atoms with E-state index in [-0.39, 0.29) is 30.1 Å². The minimum Gasteiger partial charge on any atom is -0.454 e. The fourth-order valence-electron chi connectivity index (χ4n) is 3.95. The van der Waals surface area contributed by atoms with Crippen molar-refractivity contribution in [3.8, 4) is 11.5 Å². The highest BCUT2D eigenvalue weighted by Gasteiger charge is 2.32. The van der Waals surface area contributed by atoms with E-state index in [0.29, 0.717) is 22.4 Å². The van der Waals surface area contributed by atoms with Gasteiger partial charge in [0.25, 0.3) is 5.91 Å². The molecule has 0 unspecified atom stereocenters. The van der Waals surface area contributed by atoms with Gasteiger partial charge in [0, 0.05) is 5.69 Å². The second-order valence-electron chi connectivity index (χ2n) is 8.67. The number of nitrogens with one attached hydrogen (secondary N) is 1. The van der Waals surface area contributed by atoms with Crippen molar-refractivity contribution in [3.05, 3.63) is 88.6 Å². The number of thioether (sulfide) groups is 1.